The number of primary amides is 1. The van der Waals surface area contributed by atoms with E-state index in [9.17, 15) is 4.79 Å². The van der Waals surface area contributed by atoms with Gasteiger partial charge in [0, 0.05) is 5.69 Å². The summed E-state index contributed by atoms with van der Waals surface area (Å²) in [5.41, 5.74) is 6.82. The summed E-state index contributed by atoms with van der Waals surface area (Å²) < 4.78 is 0. The van der Waals surface area contributed by atoms with Gasteiger partial charge in [-0.1, -0.05) is 24.3 Å². The van der Waals surface area contributed by atoms with Crippen LogP contribution >= 0.6 is 0 Å². The van der Waals surface area contributed by atoms with Gasteiger partial charge in [-0.05, 0) is 37.7 Å². The average Bonchev–Trinajstić information content (AvgIpc) is 2.26. The van der Waals surface area contributed by atoms with Crippen molar-refractivity contribution in [2.45, 2.75) is 6.42 Å². The predicted octanol–water partition coefficient (Wildman–Crippen LogP) is 1.80. The van der Waals surface area contributed by atoms with E-state index in [2.05, 4.69) is 16.7 Å². The van der Waals surface area contributed by atoms with E-state index in [1.165, 1.54) is 0 Å². The number of nitrogens with one attached hydrogen (secondary N) is 2. The minimum absolute atomic E-state index is 0.544. The van der Waals surface area contributed by atoms with Crippen molar-refractivity contribution in [3.05, 3.63) is 35.9 Å². The van der Waals surface area contributed by atoms with Crippen LogP contribution in [-0.2, 0) is 0 Å². The molecule has 1 aromatic carbocycles. The van der Waals surface area contributed by atoms with E-state index in [4.69, 9.17) is 5.73 Å². The molecule has 0 aliphatic rings. The third-order valence-electron chi connectivity index (χ3n) is 2.05. The number of urea groups is 1. The van der Waals surface area contributed by atoms with Gasteiger partial charge in [-0.2, -0.15) is 0 Å². The van der Waals surface area contributed by atoms with Gasteiger partial charge in [-0.25, -0.2) is 4.79 Å². The Bertz CT molecular complexity index is 357. The zero-order valence-corrected chi connectivity index (χ0v) is 9.36. The second-order valence-electron chi connectivity index (χ2n) is 3.41. The van der Waals surface area contributed by atoms with Crippen LogP contribution in [0.25, 0.3) is 6.08 Å². The van der Waals surface area contributed by atoms with Crippen molar-refractivity contribution in [1.82, 2.24) is 5.32 Å². The first kappa shape index (κ1) is 12.3. The molecule has 16 heavy (non-hydrogen) atoms. The Hall–Kier alpha value is -1.81. The van der Waals surface area contributed by atoms with Crippen molar-refractivity contribution in [1.29, 1.82) is 0 Å². The maximum absolute atomic E-state index is 10.6. The van der Waals surface area contributed by atoms with Gasteiger partial charge in [0.15, 0.2) is 0 Å². The first-order valence-electron chi connectivity index (χ1n) is 5.20. The van der Waals surface area contributed by atoms with Crippen LogP contribution in [0.15, 0.2) is 30.3 Å². The number of carbonyl (C=O) groups excluding carboxylic acids is 1. The molecule has 4 N–H and O–H groups in total. The molecule has 0 saturated carbocycles. The molecule has 0 aromatic heterocycles. The standard InChI is InChI=1S/C12H17N3O/c1-14-9-3-2-4-10-5-7-11(8-6-10)15-12(13)16/h2,4-8,14H,3,9H2,1H3,(H3,13,15,16). The number of rotatable bonds is 5. The third kappa shape index (κ3) is 4.61. The van der Waals surface area contributed by atoms with E-state index in [0.717, 1.165) is 18.5 Å². The summed E-state index contributed by atoms with van der Waals surface area (Å²) in [6.07, 6.45) is 5.15. The number of carbonyl (C=O) groups is 1. The summed E-state index contributed by atoms with van der Waals surface area (Å²) in [7, 11) is 1.93. The van der Waals surface area contributed by atoms with Gasteiger partial charge < -0.3 is 16.4 Å². The largest absolute Gasteiger partial charge is 0.351 e. The van der Waals surface area contributed by atoms with E-state index in [-0.39, 0.29) is 0 Å². The van der Waals surface area contributed by atoms with Crippen LogP contribution in [0.3, 0.4) is 0 Å². The van der Waals surface area contributed by atoms with E-state index >= 15 is 0 Å². The van der Waals surface area contributed by atoms with Gasteiger partial charge in [0.1, 0.15) is 0 Å². The molecule has 0 heterocycles. The maximum atomic E-state index is 10.6. The van der Waals surface area contributed by atoms with Crippen LogP contribution in [-0.4, -0.2) is 19.6 Å². The molecule has 0 atom stereocenters. The number of benzene rings is 1. The zero-order valence-electron chi connectivity index (χ0n) is 9.36. The lowest BCUT2D eigenvalue weighted by Crippen LogP contribution is -2.19. The Morgan fingerprint density at radius 2 is 2.06 bits per heavy atom. The normalized spacial score (nSPS) is 10.6. The van der Waals surface area contributed by atoms with Gasteiger partial charge in [-0.15, -0.1) is 0 Å². The van der Waals surface area contributed by atoms with E-state index < -0.39 is 6.03 Å². The molecule has 4 nitrogen and oxygen atoms in total. The maximum Gasteiger partial charge on any atom is 0.316 e. The second kappa shape index (κ2) is 6.63. The molecular weight excluding hydrogens is 202 g/mol. The lowest BCUT2D eigenvalue weighted by Gasteiger charge is -2.01. The monoisotopic (exact) mass is 219 g/mol. The number of hydrogen-bond acceptors (Lipinski definition) is 2. The van der Waals surface area contributed by atoms with Crippen LogP contribution in [0.1, 0.15) is 12.0 Å². The molecule has 4 heteroatoms. The topological polar surface area (TPSA) is 67.2 Å². The van der Waals surface area contributed by atoms with Crippen LogP contribution in [0, 0.1) is 0 Å². The molecule has 0 fully saturated rings. The highest BCUT2D eigenvalue weighted by Gasteiger charge is 1.94. The second-order valence-corrected chi connectivity index (χ2v) is 3.41. The zero-order chi connectivity index (χ0) is 11.8. The third-order valence-corrected chi connectivity index (χ3v) is 2.05. The minimum atomic E-state index is -0.544. The van der Waals surface area contributed by atoms with Crippen molar-refractivity contribution in [3.63, 3.8) is 0 Å². The first-order chi connectivity index (χ1) is 7.72. The van der Waals surface area contributed by atoms with Crippen LogP contribution in [0.4, 0.5) is 10.5 Å². The molecule has 0 spiro atoms. The summed E-state index contributed by atoms with van der Waals surface area (Å²) in [4.78, 5) is 10.6. The van der Waals surface area contributed by atoms with E-state index in [1.54, 1.807) is 0 Å². The number of hydrogen-bond donors (Lipinski definition) is 3. The molecule has 0 bridgehead atoms. The fourth-order valence-electron chi connectivity index (χ4n) is 1.27. The van der Waals surface area contributed by atoms with Crippen molar-refractivity contribution in [2.24, 2.45) is 5.73 Å². The minimum Gasteiger partial charge on any atom is -0.351 e. The van der Waals surface area contributed by atoms with Gasteiger partial charge >= 0.3 is 6.03 Å². The van der Waals surface area contributed by atoms with Crippen molar-refractivity contribution in [2.75, 3.05) is 18.9 Å². The number of nitrogens with two attached hydrogens (primary N) is 1. The molecule has 0 saturated heterocycles. The van der Waals surface area contributed by atoms with Gasteiger partial charge in [-0.3, -0.25) is 0 Å². The molecule has 86 valence electrons. The Balaban J connectivity index is 2.50. The molecule has 0 aliphatic carbocycles. The lowest BCUT2D eigenvalue weighted by atomic mass is 10.2. The molecule has 0 aliphatic heterocycles. The van der Waals surface area contributed by atoms with Crippen LogP contribution in [0.2, 0.25) is 0 Å². The average molecular weight is 219 g/mol. The predicted molar refractivity (Wildman–Crippen MR) is 67.2 cm³/mol. The molecule has 1 rings (SSSR count). The fraction of sp³-hybridized carbons (Fsp3) is 0.250. The van der Waals surface area contributed by atoms with E-state index in [0.29, 0.717) is 5.69 Å². The SMILES string of the molecule is CNCCC=Cc1ccc(NC(N)=O)cc1. The summed E-state index contributed by atoms with van der Waals surface area (Å²) in [5.74, 6) is 0. The quantitative estimate of drug-likeness (QED) is 0.661. The molecule has 0 unspecified atom stereocenters. The summed E-state index contributed by atoms with van der Waals surface area (Å²) in [6, 6.07) is 6.96. The summed E-state index contributed by atoms with van der Waals surface area (Å²) in [6.45, 7) is 0.970. The summed E-state index contributed by atoms with van der Waals surface area (Å²) >= 11 is 0. The van der Waals surface area contributed by atoms with E-state index in [1.807, 2.05) is 37.4 Å². The molecular formula is C12H17N3O. The highest BCUT2D eigenvalue weighted by atomic mass is 16.2. The van der Waals surface area contributed by atoms with Crippen LogP contribution < -0.4 is 16.4 Å². The fourth-order valence-corrected chi connectivity index (χ4v) is 1.27. The molecule has 0 radical (unpaired) electrons. The Kier molecular flexibility index (Phi) is 5.08. The van der Waals surface area contributed by atoms with Crippen LogP contribution in [0.5, 0.6) is 0 Å². The Morgan fingerprint density at radius 1 is 1.38 bits per heavy atom. The van der Waals surface area contributed by atoms with Crippen molar-refractivity contribution >= 4 is 17.8 Å². The molecule has 2 amide bonds. The Morgan fingerprint density at radius 3 is 2.62 bits per heavy atom. The number of anilines is 1. The van der Waals surface area contributed by atoms with Gasteiger partial charge in [0.25, 0.3) is 0 Å². The first-order valence-corrected chi connectivity index (χ1v) is 5.20. The van der Waals surface area contributed by atoms with Gasteiger partial charge in [0.05, 0.1) is 0 Å². The highest BCUT2D eigenvalue weighted by molar-refractivity contribution is 5.87. The van der Waals surface area contributed by atoms with Crippen molar-refractivity contribution in [3.8, 4) is 0 Å². The number of amides is 2. The summed E-state index contributed by atoms with van der Waals surface area (Å²) in [5, 5.41) is 5.59. The molecule has 1 aromatic rings. The smallest absolute Gasteiger partial charge is 0.316 e. The van der Waals surface area contributed by atoms with Gasteiger partial charge in [0.2, 0.25) is 0 Å². The highest BCUT2D eigenvalue weighted by Crippen LogP contribution is 2.10. The lowest BCUT2D eigenvalue weighted by molar-refractivity contribution is 0.259. The van der Waals surface area contributed by atoms with Crippen molar-refractivity contribution < 1.29 is 4.79 Å². The Labute approximate surface area is 95.5 Å².